The molecule has 0 aromatic heterocycles. The van der Waals surface area contributed by atoms with Crippen LogP contribution in [0.2, 0.25) is 0 Å². The summed E-state index contributed by atoms with van der Waals surface area (Å²) < 4.78 is 0. The Morgan fingerprint density at radius 1 is 1.89 bits per heavy atom. The molecule has 0 aliphatic rings. The van der Waals surface area contributed by atoms with Crippen molar-refractivity contribution >= 4 is 5.91 Å². The highest BCUT2D eigenvalue weighted by molar-refractivity contribution is 5.71. The SMILES string of the molecule is CCN(OC#N)C(C)=O. The maximum absolute atomic E-state index is 10.4. The summed E-state index contributed by atoms with van der Waals surface area (Å²) in [5, 5.41) is 8.92. The lowest BCUT2D eigenvalue weighted by atomic mass is 10.6. The van der Waals surface area contributed by atoms with E-state index in [0.717, 1.165) is 5.06 Å². The maximum atomic E-state index is 10.4. The normalized spacial score (nSPS) is 7.67. The highest BCUT2D eigenvalue weighted by Gasteiger charge is 2.04. The molecule has 0 radical (unpaired) electrons. The molecule has 0 aromatic carbocycles. The van der Waals surface area contributed by atoms with Gasteiger partial charge in [-0.2, -0.15) is 5.06 Å². The molecule has 0 rings (SSSR count). The number of nitrogens with zero attached hydrogens (tertiary/aromatic N) is 2. The molecular weight excluding hydrogens is 120 g/mol. The van der Waals surface area contributed by atoms with E-state index in [4.69, 9.17) is 5.26 Å². The third kappa shape index (κ3) is 2.54. The number of rotatable bonds is 2. The third-order valence-electron chi connectivity index (χ3n) is 0.789. The zero-order valence-electron chi connectivity index (χ0n) is 5.42. The molecule has 0 aromatic rings. The van der Waals surface area contributed by atoms with Gasteiger partial charge >= 0.3 is 6.26 Å². The van der Waals surface area contributed by atoms with Crippen molar-refractivity contribution in [3.8, 4) is 6.26 Å². The van der Waals surface area contributed by atoms with Crippen LogP contribution >= 0.6 is 0 Å². The smallest absolute Gasteiger partial charge is 0.296 e. The first-order valence-electron chi connectivity index (χ1n) is 2.56. The molecule has 4 heteroatoms. The van der Waals surface area contributed by atoms with Crippen LogP contribution in [-0.2, 0) is 9.63 Å². The zero-order valence-corrected chi connectivity index (χ0v) is 5.42. The van der Waals surface area contributed by atoms with Crippen LogP contribution in [0.5, 0.6) is 0 Å². The molecule has 4 nitrogen and oxygen atoms in total. The lowest BCUT2D eigenvalue weighted by Gasteiger charge is -2.11. The predicted molar refractivity (Wildman–Crippen MR) is 29.8 cm³/mol. The molecule has 1 amide bonds. The van der Waals surface area contributed by atoms with Gasteiger partial charge in [-0.15, -0.1) is 5.26 Å². The molecule has 0 saturated carbocycles. The molecule has 0 bridgehead atoms. The van der Waals surface area contributed by atoms with Crippen molar-refractivity contribution in [1.29, 1.82) is 5.26 Å². The number of hydrogen-bond donors (Lipinski definition) is 0. The number of hydrogen-bond acceptors (Lipinski definition) is 3. The molecule has 0 heterocycles. The number of amides is 1. The lowest BCUT2D eigenvalue weighted by Crippen LogP contribution is -2.26. The van der Waals surface area contributed by atoms with Gasteiger partial charge in [-0.1, -0.05) is 0 Å². The second-order valence-corrected chi connectivity index (χ2v) is 1.40. The van der Waals surface area contributed by atoms with Gasteiger partial charge in [-0.25, -0.2) is 0 Å². The topological polar surface area (TPSA) is 53.3 Å². The van der Waals surface area contributed by atoms with E-state index >= 15 is 0 Å². The Balaban J connectivity index is 3.71. The number of carbonyl (C=O) groups excluding carboxylic acids is 1. The summed E-state index contributed by atoms with van der Waals surface area (Å²) in [6, 6.07) is 0. The van der Waals surface area contributed by atoms with E-state index in [-0.39, 0.29) is 5.91 Å². The number of hydroxylamine groups is 2. The van der Waals surface area contributed by atoms with Crippen LogP contribution in [0.1, 0.15) is 13.8 Å². The fourth-order valence-electron chi connectivity index (χ4n) is 0.401. The molecule has 0 aliphatic heterocycles. The highest BCUT2D eigenvalue weighted by atomic mass is 16.7. The quantitative estimate of drug-likeness (QED) is 0.396. The first-order chi connectivity index (χ1) is 4.22. The van der Waals surface area contributed by atoms with Crippen molar-refractivity contribution in [3.05, 3.63) is 0 Å². The van der Waals surface area contributed by atoms with Gasteiger partial charge in [0, 0.05) is 6.92 Å². The zero-order chi connectivity index (χ0) is 7.28. The minimum atomic E-state index is -0.265. The summed E-state index contributed by atoms with van der Waals surface area (Å²) in [5.41, 5.74) is 0. The van der Waals surface area contributed by atoms with E-state index in [9.17, 15) is 4.79 Å². The Hall–Kier alpha value is -1.24. The van der Waals surface area contributed by atoms with Gasteiger partial charge in [-0.05, 0) is 6.92 Å². The Kier molecular flexibility index (Phi) is 3.21. The second kappa shape index (κ2) is 3.72. The maximum Gasteiger partial charge on any atom is 0.314 e. The second-order valence-electron chi connectivity index (χ2n) is 1.40. The van der Waals surface area contributed by atoms with Gasteiger partial charge in [0.2, 0.25) is 0 Å². The van der Waals surface area contributed by atoms with Crippen molar-refractivity contribution in [2.45, 2.75) is 13.8 Å². The van der Waals surface area contributed by atoms with E-state index < -0.39 is 0 Å². The van der Waals surface area contributed by atoms with Crippen LogP contribution in [0.25, 0.3) is 0 Å². The molecular formula is C5H8N2O2. The molecule has 9 heavy (non-hydrogen) atoms. The highest BCUT2D eigenvalue weighted by Crippen LogP contribution is 1.87. The fraction of sp³-hybridized carbons (Fsp3) is 0.600. The molecule has 0 spiro atoms. The molecule has 0 fully saturated rings. The standard InChI is InChI=1S/C5H8N2O2/c1-3-7(5(2)8)9-4-6/h3H2,1-2H3. The third-order valence-corrected chi connectivity index (χ3v) is 0.789. The van der Waals surface area contributed by atoms with Crippen LogP contribution in [-0.4, -0.2) is 17.5 Å². The fourth-order valence-corrected chi connectivity index (χ4v) is 0.401. The van der Waals surface area contributed by atoms with Crippen molar-refractivity contribution in [1.82, 2.24) is 5.06 Å². The average molecular weight is 128 g/mol. The van der Waals surface area contributed by atoms with Gasteiger partial charge < -0.3 is 0 Å². The van der Waals surface area contributed by atoms with Crippen molar-refractivity contribution in [3.63, 3.8) is 0 Å². The van der Waals surface area contributed by atoms with E-state index in [1.807, 2.05) is 0 Å². The predicted octanol–water partition coefficient (Wildman–Crippen LogP) is 0.267. The Labute approximate surface area is 53.6 Å². The van der Waals surface area contributed by atoms with Crippen molar-refractivity contribution in [2.75, 3.05) is 6.54 Å². The summed E-state index contributed by atoms with van der Waals surface area (Å²) in [7, 11) is 0. The van der Waals surface area contributed by atoms with Crippen LogP contribution in [0.3, 0.4) is 0 Å². The van der Waals surface area contributed by atoms with Gasteiger partial charge in [-0.3, -0.25) is 9.63 Å². The molecule has 0 atom stereocenters. The minimum Gasteiger partial charge on any atom is -0.296 e. The van der Waals surface area contributed by atoms with Gasteiger partial charge in [0.15, 0.2) is 0 Å². The van der Waals surface area contributed by atoms with Gasteiger partial charge in [0.1, 0.15) is 0 Å². The Bertz CT molecular complexity index is 138. The minimum absolute atomic E-state index is 0.265. The molecule has 0 N–H and O–H groups in total. The van der Waals surface area contributed by atoms with E-state index in [1.54, 1.807) is 6.92 Å². The summed E-state index contributed by atoms with van der Waals surface area (Å²) in [4.78, 5) is 14.7. The van der Waals surface area contributed by atoms with Crippen LogP contribution < -0.4 is 0 Å². The van der Waals surface area contributed by atoms with Crippen LogP contribution in [0.15, 0.2) is 0 Å². The molecule has 0 saturated heterocycles. The van der Waals surface area contributed by atoms with E-state index in [2.05, 4.69) is 4.84 Å². The van der Waals surface area contributed by atoms with Crippen molar-refractivity contribution < 1.29 is 9.63 Å². The largest absolute Gasteiger partial charge is 0.314 e. The number of nitriles is 1. The Morgan fingerprint density at radius 2 is 2.44 bits per heavy atom. The average Bonchev–Trinajstić information content (AvgIpc) is 1.82. The number of carbonyl (C=O) groups is 1. The summed E-state index contributed by atoms with van der Waals surface area (Å²) in [6.07, 6.45) is 1.41. The molecule has 50 valence electrons. The van der Waals surface area contributed by atoms with Crippen molar-refractivity contribution in [2.24, 2.45) is 0 Å². The first-order valence-corrected chi connectivity index (χ1v) is 2.56. The van der Waals surface area contributed by atoms with E-state index in [0.29, 0.717) is 6.54 Å². The molecule has 0 aliphatic carbocycles. The summed E-state index contributed by atoms with van der Waals surface area (Å²) >= 11 is 0. The Morgan fingerprint density at radius 3 is 2.56 bits per heavy atom. The lowest BCUT2D eigenvalue weighted by molar-refractivity contribution is -0.161. The molecule has 0 unspecified atom stereocenters. The van der Waals surface area contributed by atoms with Crippen LogP contribution in [0.4, 0.5) is 0 Å². The monoisotopic (exact) mass is 128 g/mol. The van der Waals surface area contributed by atoms with E-state index in [1.165, 1.54) is 13.2 Å². The van der Waals surface area contributed by atoms with Gasteiger partial charge in [0.25, 0.3) is 5.91 Å². The first kappa shape index (κ1) is 7.76. The van der Waals surface area contributed by atoms with Crippen LogP contribution in [0, 0.1) is 11.5 Å². The summed E-state index contributed by atoms with van der Waals surface area (Å²) in [6.45, 7) is 3.45. The van der Waals surface area contributed by atoms with Gasteiger partial charge in [0.05, 0.1) is 6.54 Å². The summed E-state index contributed by atoms with van der Waals surface area (Å²) in [5.74, 6) is -0.265.